The van der Waals surface area contributed by atoms with Gasteiger partial charge in [-0.25, -0.2) is 10.1 Å². The second-order valence-electron chi connectivity index (χ2n) is 3.86. The Morgan fingerprint density at radius 1 is 1.53 bits per heavy atom. The van der Waals surface area contributed by atoms with Gasteiger partial charge in [-0.3, -0.25) is 5.84 Å². The minimum atomic E-state index is -0.207. The first-order valence-corrected chi connectivity index (χ1v) is 5.92. The summed E-state index contributed by atoms with van der Waals surface area (Å²) in [6.45, 7) is 3.81. The minimum Gasteiger partial charge on any atom is -0.466 e. The monoisotopic (exact) mass is 299 g/mol. The Bertz CT molecular complexity index is 513. The maximum atomic E-state index is 5.63. The quantitative estimate of drug-likeness (QED) is 0.660. The number of hydrogen-bond donors (Lipinski definition) is 2. The molecule has 1 atom stereocenters. The van der Waals surface area contributed by atoms with Crippen molar-refractivity contribution in [3.05, 3.63) is 33.4 Å². The number of hydrazine groups is 1. The molecule has 2 rings (SSSR count). The zero-order valence-corrected chi connectivity index (χ0v) is 11.4. The smallest absolute Gasteiger partial charge is 0.153 e. The summed E-state index contributed by atoms with van der Waals surface area (Å²) in [5, 5.41) is 7.89. The Morgan fingerprint density at radius 2 is 2.24 bits per heavy atom. The second kappa shape index (κ2) is 4.59. The first-order chi connectivity index (χ1) is 8.04. The summed E-state index contributed by atoms with van der Waals surface area (Å²) in [5.41, 5.74) is 4.61. The number of nitrogens with one attached hydrogen (secondary N) is 1. The average Bonchev–Trinajstić information content (AvgIpc) is 2.76. The zero-order valence-electron chi connectivity index (χ0n) is 9.86. The topological polar surface area (TPSA) is 81.9 Å². The highest BCUT2D eigenvalue weighted by molar-refractivity contribution is 9.10. The van der Waals surface area contributed by atoms with Gasteiger partial charge in [-0.1, -0.05) is 5.21 Å². The van der Waals surface area contributed by atoms with Crippen molar-refractivity contribution < 1.29 is 4.42 Å². The molecule has 0 saturated heterocycles. The molecule has 0 bridgehead atoms. The molecular weight excluding hydrogens is 286 g/mol. The van der Waals surface area contributed by atoms with Crippen LogP contribution in [0, 0.1) is 13.8 Å². The number of aryl methyl sites for hydroxylation is 3. The first kappa shape index (κ1) is 12.3. The molecule has 6 nitrogen and oxygen atoms in total. The van der Waals surface area contributed by atoms with Crippen molar-refractivity contribution in [1.29, 1.82) is 0 Å². The van der Waals surface area contributed by atoms with Gasteiger partial charge in [0.1, 0.15) is 11.5 Å². The number of furan rings is 1. The van der Waals surface area contributed by atoms with E-state index in [1.165, 1.54) is 0 Å². The van der Waals surface area contributed by atoms with E-state index in [0.29, 0.717) is 4.60 Å². The predicted molar refractivity (Wildman–Crippen MR) is 66.1 cm³/mol. The van der Waals surface area contributed by atoms with E-state index in [1.807, 2.05) is 27.0 Å². The van der Waals surface area contributed by atoms with Crippen LogP contribution in [0.1, 0.15) is 28.8 Å². The van der Waals surface area contributed by atoms with Crippen LogP contribution in [0.3, 0.4) is 0 Å². The number of aromatic nitrogens is 3. The van der Waals surface area contributed by atoms with E-state index < -0.39 is 0 Å². The van der Waals surface area contributed by atoms with Gasteiger partial charge < -0.3 is 4.42 Å². The van der Waals surface area contributed by atoms with E-state index in [0.717, 1.165) is 22.8 Å². The highest BCUT2D eigenvalue weighted by Gasteiger charge is 2.24. The Labute approximate surface area is 107 Å². The van der Waals surface area contributed by atoms with Crippen LogP contribution in [-0.4, -0.2) is 15.0 Å². The molecule has 0 aliphatic carbocycles. The zero-order chi connectivity index (χ0) is 12.6. The summed E-state index contributed by atoms with van der Waals surface area (Å²) < 4.78 is 7.86. The molecule has 0 amide bonds. The summed E-state index contributed by atoms with van der Waals surface area (Å²) in [6.07, 6.45) is 0. The van der Waals surface area contributed by atoms with Crippen molar-refractivity contribution in [2.75, 3.05) is 0 Å². The molecule has 0 saturated carbocycles. The summed E-state index contributed by atoms with van der Waals surface area (Å²) in [6, 6.07) is 1.75. The van der Waals surface area contributed by atoms with Gasteiger partial charge in [0.15, 0.2) is 4.60 Å². The van der Waals surface area contributed by atoms with E-state index in [1.54, 1.807) is 4.68 Å². The van der Waals surface area contributed by atoms with E-state index in [4.69, 9.17) is 10.3 Å². The fourth-order valence-electron chi connectivity index (χ4n) is 1.90. The number of rotatable bonds is 3. The molecule has 1 unspecified atom stereocenters. The first-order valence-electron chi connectivity index (χ1n) is 5.12. The Balaban J connectivity index is 2.51. The van der Waals surface area contributed by atoms with E-state index in [2.05, 4.69) is 31.7 Å². The molecule has 2 heterocycles. The number of hydrogen-bond acceptors (Lipinski definition) is 5. The SMILES string of the molecule is Cc1cc(C(NN)c2c(Br)nnn2C)c(C)o1. The molecule has 0 aliphatic heterocycles. The molecule has 3 N–H and O–H groups in total. The summed E-state index contributed by atoms with van der Waals surface area (Å²) >= 11 is 3.37. The lowest BCUT2D eigenvalue weighted by molar-refractivity contribution is 0.491. The van der Waals surface area contributed by atoms with Crippen LogP contribution in [0.15, 0.2) is 15.1 Å². The van der Waals surface area contributed by atoms with Crippen LogP contribution in [0.25, 0.3) is 0 Å². The van der Waals surface area contributed by atoms with Gasteiger partial charge in [0.05, 0.1) is 11.7 Å². The summed E-state index contributed by atoms with van der Waals surface area (Å²) in [7, 11) is 1.82. The molecule has 92 valence electrons. The third-order valence-corrected chi connectivity index (χ3v) is 3.22. The molecule has 0 radical (unpaired) electrons. The normalized spacial score (nSPS) is 13.0. The van der Waals surface area contributed by atoms with Crippen LogP contribution >= 0.6 is 15.9 Å². The van der Waals surface area contributed by atoms with Crippen LogP contribution in [-0.2, 0) is 7.05 Å². The van der Waals surface area contributed by atoms with E-state index in [-0.39, 0.29) is 6.04 Å². The van der Waals surface area contributed by atoms with Crippen molar-refractivity contribution in [2.24, 2.45) is 12.9 Å². The molecule has 17 heavy (non-hydrogen) atoms. The van der Waals surface area contributed by atoms with Crippen molar-refractivity contribution in [1.82, 2.24) is 20.4 Å². The van der Waals surface area contributed by atoms with E-state index >= 15 is 0 Å². The molecule has 0 aromatic carbocycles. The lowest BCUT2D eigenvalue weighted by Gasteiger charge is -2.15. The molecule has 2 aromatic heterocycles. The van der Waals surface area contributed by atoms with Gasteiger partial charge in [-0.05, 0) is 35.8 Å². The van der Waals surface area contributed by atoms with Crippen molar-refractivity contribution in [3.8, 4) is 0 Å². The maximum absolute atomic E-state index is 5.63. The highest BCUT2D eigenvalue weighted by Crippen LogP contribution is 2.29. The molecule has 0 aliphatic rings. The standard InChI is InChI=1S/C10H14BrN5O/c1-5-4-7(6(2)17-5)8(13-12)9-10(11)14-15-16(9)3/h4,8,13H,12H2,1-3H3. The van der Waals surface area contributed by atoms with Crippen LogP contribution < -0.4 is 11.3 Å². The molecule has 0 spiro atoms. The summed E-state index contributed by atoms with van der Waals surface area (Å²) in [4.78, 5) is 0. The molecular formula is C10H14BrN5O. The Kier molecular flexibility index (Phi) is 3.32. The molecule has 7 heteroatoms. The van der Waals surface area contributed by atoms with Gasteiger partial charge in [-0.15, -0.1) is 5.10 Å². The fraction of sp³-hybridized carbons (Fsp3) is 0.400. The average molecular weight is 300 g/mol. The maximum Gasteiger partial charge on any atom is 0.153 e. The lowest BCUT2D eigenvalue weighted by Crippen LogP contribution is -2.30. The lowest BCUT2D eigenvalue weighted by atomic mass is 10.1. The second-order valence-corrected chi connectivity index (χ2v) is 4.61. The predicted octanol–water partition coefficient (Wildman–Crippen LogP) is 1.34. The molecule has 0 fully saturated rings. The number of nitrogens with two attached hydrogens (primary N) is 1. The van der Waals surface area contributed by atoms with Gasteiger partial charge in [0.2, 0.25) is 0 Å². The van der Waals surface area contributed by atoms with Crippen LogP contribution in [0.4, 0.5) is 0 Å². The van der Waals surface area contributed by atoms with E-state index in [9.17, 15) is 0 Å². The third-order valence-electron chi connectivity index (χ3n) is 2.66. The Hall–Kier alpha value is -1.18. The minimum absolute atomic E-state index is 0.207. The van der Waals surface area contributed by atoms with Gasteiger partial charge in [-0.2, -0.15) is 0 Å². The van der Waals surface area contributed by atoms with Gasteiger partial charge >= 0.3 is 0 Å². The fourth-order valence-corrected chi connectivity index (χ4v) is 2.45. The summed E-state index contributed by atoms with van der Waals surface area (Å²) in [5.74, 6) is 7.31. The van der Waals surface area contributed by atoms with Crippen LogP contribution in [0.5, 0.6) is 0 Å². The third kappa shape index (κ3) is 2.13. The van der Waals surface area contributed by atoms with Crippen molar-refractivity contribution in [3.63, 3.8) is 0 Å². The highest BCUT2D eigenvalue weighted by atomic mass is 79.9. The largest absolute Gasteiger partial charge is 0.466 e. The van der Waals surface area contributed by atoms with Gasteiger partial charge in [0, 0.05) is 12.6 Å². The van der Waals surface area contributed by atoms with Crippen molar-refractivity contribution in [2.45, 2.75) is 19.9 Å². The van der Waals surface area contributed by atoms with Crippen molar-refractivity contribution >= 4 is 15.9 Å². The van der Waals surface area contributed by atoms with Crippen LogP contribution in [0.2, 0.25) is 0 Å². The number of nitrogens with zero attached hydrogens (tertiary/aromatic N) is 3. The van der Waals surface area contributed by atoms with Gasteiger partial charge in [0.25, 0.3) is 0 Å². The number of halogens is 1. The Morgan fingerprint density at radius 3 is 2.65 bits per heavy atom. The molecule has 2 aromatic rings.